The Balaban J connectivity index is 2.27. The topological polar surface area (TPSA) is 55.1 Å². The maximum atomic E-state index is 12.0. The molecule has 0 saturated heterocycles. The van der Waals surface area contributed by atoms with Gasteiger partial charge < -0.3 is 11.1 Å². The summed E-state index contributed by atoms with van der Waals surface area (Å²) in [4.78, 5) is 12.0. The van der Waals surface area contributed by atoms with Gasteiger partial charge in [-0.2, -0.15) is 0 Å². The molecule has 3 N–H and O–H groups in total. The molecular formula is C12H10BrIN2OS. The molecule has 0 aliphatic rings. The summed E-state index contributed by atoms with van der Waals surface area (Å²) in [6.45, 7) is 1.91. The number of amides is 1. The van der Waals surface area contributed by atoms with Gasteiger partial charge >= 0.3 is 0 Å². The van der Waals surface area contributed by atoms with Crippen LogP contribution in [-0.2, 0) is 0 Å². The van der Waals surface area contributed by atoms with E-state index in [1.54, 1.807) is 17.4 Å². The number of nitrogen functional groups attached to an aromatic ring is 1. The van der Waals surface area contributed by atoms with Crippen molar-refractivity contribution in [1.82, 2.24) is 0 Å². The van der Waals surface area contributed by atoms with Crippen molar-refractivity contribution < 1.29 is 4.79 Å². The predicted octanol–water partition coefficient (Wildman–Crippen LogP) is 4.26. The zero-order valence-corrected chi connectivity index (χ0v) is 14.0. The third-order valence-corrected chi connectivity index (χ3v) is 4.65. The zero-order chi connectivity index (χ0) is 13.3. The van der Waals surface area contributed by atoms with Crippen LogP contribution >= 0.6 is 49.9 Å². The molecule has 1 aromatic carbocycles. The Morgan fingerprint density at radius 3 is 2.72 bits per heavy atom. The van der Waals surface area contributed by atoms with Gasteiger partial charge in [-0.25, -0.2) is 0 Å². The van der Waals surface area contributed by atoms with Crippen LogP contribution in [0, 0.1) is 9.81 Å². The smallest absolute Gasteiger partial charge is 0.256 e. The number of thiophene rings is 1. The number of nitrogens with two attached hydrogens (primary N) is 1. The number of halogens is 2. The van der Waals surface area contributed by atoms with Crippen molar-refractivity contribution in [3.63, 3.8) is 0 Å². The van der Waals surface area contributed by atoms with Crippen molar-refractivity contribution in [2.24, 2.45) is 0 Å². The summed E-state index contributed by atoms with van der Waals surface area (Å²) in [6, 6.07) is 5.55. The molecule has 94 valence electrons. The summed E-state index contributed by atoms with van der Waals surface area (Å²) in [5, 5.41) is 4.69. The molecule has 0 saturated carbocycles. The lowest BCUT2D eigenvalue weighted by molar-refractivity contribution is 0.102. The summed E-state index contributed by atoms with van der Waals surface area (Å²) in [7, 11) is 0. The van der Waals surface area contributed by atoms with Crippen LogP contribution in [0.2, 0.25) is 0 Å². The average molecular weight is 437 g/mol. The molecule has 0 unspecified atom stereocenters. The van der Waals surface area contributed by atoms with Crippen LogP contribution in [0.25, 0.3) is 0 Å². The molecule has 2 rings (SSSR count). The van der Waals surface area contributed by atoms with Crippen LogP contribution in [0.4, 0.5) is 11.4 Å². The van der Waals surface area contributed by atoms with Crippen molar-refractivity contribution in [3.8, 4) is 0 Å². The summed E-state index contributed by atoms with van der Waals surface area (Å²) >= 11 is 7.10. The second-order valence-corrected chi connectivity index (χ2v) is 7.50. The Hall–Kier alpha value is -0.600. The first-order chi connectivity index (χ1) is 8.47. The standard InChI is InChI=1S/C12H10BrIN2OS/c1-6-2-8(13)4-9(15)11(6)16-12(17)7-3-10(14)18-5-7/h2-5H,15H2,1H3,(H,16,17). The minimum atomic E-state index is -0.133. The lowest BCUT2D eigenvalue weighted by Gasteiger charge is -2.11. The molecule has 1 heterocycles. The maximum absolute atomic E-state index is 12.0. The molecule has 1 aromatic heterocycles. The molecule has 2 aromatic rings. The molecule has 0 fully saturated rings. The molecule has 0 radical (unpaired) electrons. The van der Waals surface area contributed by atoms with Crippen molar-refractivity contribution in [2.75, 3.05) is 11.1 Å². The van der Waals surface area contributed by atoms with Crippen molar-refractivity contribution in [3.05, 3.63) is 42.1 Å². The minimum Gasteiger partial charge on any atom is -0.397 e. The number of hydrogen-bond acceptors (Lipinski definition) is 3. The summed E-state index contributed by atoms with van der Waals surface area (Å²) < 4.78 is 1.99. The highest BCUT2D eigenvalue weighted by Gasteiger charge is 2.12. The fourth-order valence-corrected chi connectivity index (χ4v) is 3.47. The third kappa shape index (κ3) is 3.04. The molecule has 3 nitrogen and oxygen atoms in total. The van der Waals surface area contributed by atoms with Gasteiger partial charge in [-0.1, -0.05) is 15.9 Å². The normalized spacial score (nSPS) is 10.4. The first kappa shape index (κ1) is 13.8. The molecule has 0 bridgehead atoms. The van der Waals surface area contributed by atoms with Crippen LogP contribution in [0.3, 0.4) is 0 Å². The van der Waals surface area contributed by atoms with Gasteiger partial charge in [-0.3, -0.25) is 4.79 Å². The molecule has 18 heavy (non-hydrogen) atoms. The number of rotatable bonds is 2. The fraction of sp³-hybridized carbons (Fsp3) is 0.0833. The second-order valence-electron chi connectivity index (χ2n) is 3.78. The number of benzene rings is 1. The molecule has 0 atom stereocenters. The second kappa shape index (κ2) is 5.58. The highest BCUT2D eigenvalue weighted by atomic mass is 127. The van der Waals surface area contributed by atoms with Crippen LogP contribution in [-0.4, -0.2) is 5.91 Å². The monoisotopic (exact) mass is 436 g/mol. The molecule has 0 spiro atoms. The number of carbonyl (C=O) groups is 1. The summed E-state index contributed by atoms with van der Waals surface area (Å²) in [5.74, 6) is -0.133. The van der Waals surface area contributed by atoms with E-state index in [-0.39, 0.29) is 5.91 Å². The zero-order valence-electron chi connectivity index (χ0n) is 9.46. The van der Waals surface area contributed by atoms with Gasteiger partial charge in [0, 0.05) is 9.85 Å². The quantitative estimate of drug-likeness (QED) is 0.545. The van der Waals surface area contributed by atoms with E-state index in [9.17, 15) is 4.79 Å². The number of anilines is 2. The SMILES string of the molecule is Cc1cc(Br)cc(N)c1NC(=O)c1csc(I)c1. The minimum absolute atomic E-state index is 0.133. The van der Waals surface area contributed by atoms with Gasteiger partial charge in [-0.15, -0.1) is 11.3 Å². The average Bonchev–Trinajstić information content (AvgIpc) is 2.70. The van der Waals surface area contributed by atoms with Gasteiger partial charge in [0.15, 0.2) is 0 Å². The van der Waals surface area contributed by atoms with Crippen LogP contribution in [0.1, 0.15) is 15.9 Å². The Morgan fingerprint density at radius 1 is 1.44 bits per heavy atom. The molecule has 1 amide bonds. The van der Waals surface area contributed by atoms with Gasteiger partial charge in [0.05, 0.1) is 19.8 Å². The Kier molecular flexibility index (Phi) is 4.29. The van der Waals surface area contributed by atoms with Crippen molar-refractivity contribution in [1.29, 1.82) is 0 Å². The van der Waals surface area contributed by atoms with Gasteiger partial charge in [0.1, 0.15) is 0 Å². The van der Waals surface area contributed by atoms with Crippen LogP contribution in [0.5, 0.6) is 0 Å². The molecule has 6 heteroatoms. The lowest BCUT2D eigenvalue weighted by atomic mass is 10.1. The first-order valence-electron chi connectivity index (χ1n) is 5.08. The third-order valence-electron chi connectivity index (χ3n) is 2.40. The summed E-state index contributed by atoms with van der Waals surface area (Å²) in [6.07, 6.45) is 0. The Morgan fingerprint density at radius 2 is 2.17 bits per heavy atom. The molecular weight excluding hydrogens is 427 g/mol. The van der Waals surface area contributed by atoms with Crippen molar-refractivity contribution >= 4 is 67.1 Å². The van der Waals surface area contributed by atoms with E-state index in [4.69, 9.17) is 5.73 Å². The van der Waals surface area contributed by atoms with Gasteiger partial charge in [-0.05, 0) is 53.3 Å². The number of aryl methyl sites for hydroxylation is 1. The highest BCUT2D eigenvalue weighted by molar-refractivity contribution is 14.1. The number of hydrogen-bond donors (Lipinski definition) is 2. The van der Waals surface area contributed by atoms with E-state index in [0.717, 1.165) is 12.9 Å². The van der Waals surface area contributed by atoms with Crippen molar-refractivity contribution in [2.45, 2.75) is 6.92 Å². The van der Waals surface area contributed by atoms with Gasteiger partial charge in [0.2, 0.25) is 0 Å². The predicted molar refractivity (Wildman–Crippen MR) is 88.3 cm³/mol. The highest BCUT2D eigenvalue weighted by Crippen LogP contribution is 2.28. The van der Waals surface area contributed by atoms with E-state index >= 15 is 0 Å². The van der Waals surface area contributed by atoms with E-state index < -0.39 is 0 Å². The maximum Gasteiger partial charge on any atom is 0.256 e. The number of nitrogens with one attached hydrogen (secondary N) is 1. The van der Waals surface area contributed by atoms with E-state index in [0.29, 0.717) is 16.9 Å². The van der Waals surface area contributed by atoms with E-state index in [2.05, 4.69) is 43.8 Å². The lowest BCUT2D eigenvalue weighted by Crippen LogP contribution is -2.13. The Labute approximate surface area is 131 Å². The molecule has 0 aliphatic carbocycles. The Bertz CT molecular complexity index is 589. The molecule has 0 aliphatic heterocycles. The van der Waals surface area contributed by atoms with Crippen LogP contribution < -0.4 is 11.1 Å². The largest absolute Gasteiger partial charge is 0.397 e. The van der Waals surface area contributed by atoms with Gasteiger partial charge in [0.25, 0.3) is 5.91 Å². The van der Waals surface area contributed by atoms with E-state index in [1.165, 1.54) is 0 Å². The van der Waals surface area contributed by atoms with E-state index in [1.807, 2.05) is 24.4 Å². The first-order valence-corrected chi connectivity index (χ1v) is 7.83. The summed E-state index contributed by atoms with van der Waals surface area (Å²) in [5.41, 5.74) is 8.73. The number of carbonyl (C=O) groups excluding carboxylic acids is 1. The van der Waals surface area contributed by atoms with Crippen LogP contribution in [0.15, 0.2) is 28.1 Å². The fourth-order valence-electron chi connectivity index (χ4n) is 1.55.